The molecule has 0 N–H and O–H groups in total. The molecular weight excluding hydrogens is 321 g/mol. The summed E-state index contributed by atoms with van der Waals surface area (Å²) in [5, 5.41) is 0. The van der Waals surface area contributed by atoms with Gasteiger partial charge in [0.1, 0.15) is 5.75 Å². The summed E-state index contributed by atoms with van der Waals surface area (Å²) in [6, 6.07) is 3.02. The molecule has 1 aromatic rings. The highest BCUT2D eigenvalue weighted by Crippen LogP contribution is 2.37. The van der Waals surface area contributed by atoms with Gasteiger partial charge >= 0.3 is 6.61 Å². The Hall–Kier alpha value is -0.790. The molecule has 0 saturated heterocycles. The third-order valence-electron chi connectivity index (χ3n) is 1.64. The second-order valence-electron chi connectivity index (χ2n) is 2.52. The van der Waals surface area contributed by atoms with Gasteiger partial charge in [0, 0.05) is 6.07 Å². The Kier molecular flexibility index (Phi) is 4.37. The fraction of sp³-hybridized carbons (Fsp3) is 0.333. The third kappa shape index (κ3) is 3.08. The molecule has 1 rings (SSSR count). The lowest BCUT2D eigenvalue weighted by Crippen LogP contribution is -2.04. The standard InChI is InChI=1S/C9H9F2IO3/c1-13-5-3-6(12)8(14-2)7(4-5)15-9(10)11/h3-4,9H,1-2H3. The zero-order chi connectivity index (χ0) is 11.4. The van der Waals surface area contributed by atoms with Crippen LogP contribution in [0.15, 0.2) is 12.1 Å². The van der Waals surface area contributed by atoms with Crippen LogP contribution in [0.1, 0.15) is 0 Å². The topological polar surface area (TPSA) is 27.7 Å². The predicted molar refractivity (Wildman–Crippen MR) is 58.9 cm³/mol. The maximum atomic E-state index is 12.1. The lowest BCUT2D eigenvalue weighted by atomic mass is 10.3. The molecule has 0 unspecified atom stereocenters. The van der Waals surface area contributed by atoms with Gasteiger partial charge in [-0.05, 0) is 28.7 Å². The summed E-state index contributed by atoms with van der Waals surface area (Å²) in [5.74, 6) is 0.684. The molecule has 84 valence electrons. The molecule has 1 aromatic carbocycles. The van der Waals surface area contributed by atoms with Crippen LogP contribution in [0.5, 0.6) is 17.2 Å². The first-order valence-electron chi connectivity index (χ1n) is 3.94. The smallest absolute Gasteiger partial charge is 0.387 e. The van der Waals surface area contributed by atoms with Crippen molar-refractivity contribution in [3.8, 4) is 17.2 Å². The van der Waals surface area contributed by atoms with Crippen molar-refractivity contribution in [3.63, 3.8) is 0 Å². The van der Waals surface area contributed by atoms with Gasteiger partial charge < -0.3 is 14.2 Å². The Bertz CT molecular complexity index is 344. The first kappa shape index (κ1) is 12.3. The number of hydrogen-bond acceptors (Lipinski definition) is 3. The summed E-state index contributed by atoms with van der Waals surface area (Å²) in [5.41, 5.74) is 0. The number of alkyl halides is 2. The van der Waals surface area contributed by atoms with Gasteiger partial charge in [0.2, 0.25) is 0 Å². The van der Waals surface area contributed by atoms with Crippen molar-refractivity contribution in [1.82, 2.24) is 0 Å². The molecule has 0 spiro atoms. The highest BCUT2D eigenvalue weighted by molar-refractivity contribution is 14.1. The minimum absolute atomic E-state index is 0.0312. The maximum absolute atomic E-state index is 12.1. The van der Waals surface area contributed by atoms with E-state index < -0.39 is 6.61 Å². The van der Waals surface area contributed by atoms with E-state index in [-0.39, 0.29) is 11.5 Å². The molecule has 0 heterocycles. The largest absolute Gasteiger partial charge is 0.497 e. The van der Waals surface area contributed by atoms with Crippen molar-refractivity contribution in [2.24, 2.45) is 0 Å². The van der Waals surface area contributed by atoms with Gasteiger partial charge in [0.25, 0.3) is 0 Å². The van der Waals surface area contributed by atoms with Crippen LogP contribution in [0.25, 0.3) is 0 Å². The molecule has 0 aromatic heterocycles. The van der Waals surface area contributed by atoms with Crippen LogP contribution in [0.4, 0.5) is 8.78 Å². The summed E-state index contributed by atoms with van der Waals surface area (Å²) in [7, 11) is 2.84. The van der Waals surface area contributed by atoms with E-state index in [4.69, 9.17) is 9.47 Å². The average molecular weight is 330 g/mol. The van der Waals surface area contributed by atoms with E-state index >= 15 is 0 Å². The first-order chi connectivity index (χ1) is 7.08. The molecule has 0 aliphatic carbocycles. The van der Waals surface area contributed by atoms with E-state index in [1.54, 1.807) is 6.07 Å². The molecule has 0 fully saturated rings. The van der Waals surface area contributed by atoms with Crippen molar-refractivity contribution in [3.05, 3.63) is 15.7 Å². The number of rotatable bonds is 4. The van der Waals surface area contributed by atoms with Crippen molar-refractivity contribution < 1.29 is 23.0 Å². The summed E-state index contributed by atoms with van der Waals surface area (Å²) >= 11 is 1.95. The number of methoxy groups -OCH3 is 2. The third-order valence-corrected chi connectivity index (χ3v) is 2.44. The fourth-order valence-corrected chi connectivity index (χ4v) is 1.84. The van der Waals surface area contributed by atoms with Crippen LogP contribution in [0.3, 0.4) is 0 Å². The molecule has 0 aliphatic rings. The molecule has 6 heteroatoms. The van der Waals surface area contributed by atoms with Crippen LogP contribution < -0.4 is 14.2 Å². The van der Waals surface area contributed by atoms with Gasteiger partial charge in [0.15, 0.2) is 11.5 Å². The predicted octanol–water partition coefficient (Wildman–Crippen LogP) is 2.91. The van der Waals surface area contributed by atoms with Crippen LogP contribution in [0, 0.1) is 3.57 Å². The van der Waals surface area contributed by atoms with E-state index in [2.05, 4.69) is 4.74 Å². The van der Waals surface area contributed by atoms with Gasteiger partial charge in [0.05, 0.1) is 17.8 Å². The van der Waals surface area contributed by atoms with Crippen molar-refractivity contribution >= 4 is 22.6 Å². The lowest BCUT2D eigenvalue weighted by Gasteiger charge is -2.12. The SMILES string of the molecule is COc1cc(I)c(OC)c(OC(F)F)c1. The van der Waals surface area contributed by atoms with Gasteiger partial charge in [-0.1, -0.05) is 0 Å². The van der Waals surface area contributed by atoms with Gasteiger partial charge in [-0.25, -0.2) is 0 Å². The molecule has 0 amide bonds. The van der Waals surface area contributed by atoms with Crippen LogP contribution in [-0.4, -0.2) is 20.8 Å². The lowest BCUT2D eigenvalue weighted by molar-refractivity contribution is -0.0513. The molecule has 0 aliphatic heterocycles. The van der Waals surface area contributed by atoms with E-state index in [9.17, 15) is 8.78 Å². The van der Waals surface area contributed by atoms with Gasteiger partial charge in [-0.2, -0.15) is 8.78 Å². The van der Waals surface area contributed by atoms with E-state index in [0.29, 0.717) is 9.32 Å². The monoisotopic (exact) mass is 330 g/mol. The zero-order valence-corrected chi connectivity index (χ0v) is 10.2. The zero-order valence-electron chi connectivity index (χ0n) is 8.09. The average Bonchev–Trinajstić information content (AvgIpc) is 2.16. The highest BCUT2D eigenvalue weighted by atomic mass is 127. The van der Waals surface area contributed by atoms with Gasteiger partial charge in [-0.3, -0.25) is 0 Å². The molecule has 0 radical (unpaired) electrons. The second-order valence-corrected chi connectivity index (χ2v) is 3.68. The Balaban J connectivity index is 3.13. The number of ether oxygens (including phenoxy) is 3. The molecule has 0 bridgehead atoms. The second kappa shape index (κ2) is 5.34. The maximum Gasteiger partial charge on any atom is 0.387 e. The van der Waals surface area contributed by atoms with Crippen LogP contribution in [-0.2, 0) is 0 Å². The number of halogens is 3. The Morgan fingerprint density at radius 2 is 1.87 bits per heavy atom. The molecule has 3 nitrogen and oxygen atoms in total. The van der Waals surface area contributed by atoms with E-state index in [1.807, 2.05) is 22.6 Å². The summed E-state index contributed by atoms with van der Waals surface area (Å²) in [6.07, 6.45) is 0. The van der Waals surface area contributed by atoms with E-state index in [0.717, 1.165) is 0 Å². The van der Waals surface area contributed by atoms with Crippen LogP contribution in [0.2, 0.25) is 0 Å². The van der Waals surface area contributed by atoms with Gasteiger partial charge in [-0.15, -0.1) is 0 Å². The normalized spacial score (nSPS) is 10.3. The molecular formula is C9H9F2IO3. The van der Waals surface area contributed by atoms with Crippen LogP contribution >= 0.6 is 22.6 Å². The van der Waals surface area contributed by atoms with Crippen molar-refractivity contribution in [2.75, 3.05) is 14.2 Å². The summed E-state index contributed by atoms with van der Waals surface area (Å²) in [6.45, 7) is -2.89. The Labute approximate surface area is 99.5 Å². The first-order valence-corrected chi connectivity index (χ1v) is 5.02. The van der Waals surface area contributed by atoms with Crippen molar-refractivity contribution in [1.29, 1.82) is 0 Å². The van der Waals surface area contributed by atoms with E-state index in [1.165, 1.54) is 20.3 Å². The Morgan fingerprint density at radius 1 is 1.20 bits per heavy atom. The molecule has 0 atom stereocenters. The number of benzene rings is 1. The summed E-state index contributed by atoms with van der Waals surface area (Å²) in [4.78, 5) is 0. The quantitative estimate of drug-likeness (QED) is 0.795. The minimum atomic E-state index is -2.89. The minimum Gasteiger partial charge on any atom is -0.497 e. The molecule has 15 heavy (non-hydrogen) atoms. The Morgan fingerprint density at radius 3 is 2.33 bits per heavy atom. The summed E-state index contributed by atoms with van der Waals surface area (Å²) < 4.78 is 39.0. The van der Waals surface area contributed by atoms with Crippen molar-refractivity contribution in [2.45, 2.75) is 6.61 Å². The fourth-order valence-electron chi connectivity index (χ4n) is 1.04. The highest BCUT2D eigenvalue weighted by Gasteiger charge is 2.15. The molecule has 0 saturated carbocycles. The number of hydrogen-bond donors (Lipinski definition) is 0.